The zero-order chi connectivity index (χ0) is 14.1. The molecule has 0 bridgehead atoms. The highest BCUT2D eigenvalue weighted by Crippen LogP contribution is 2.21. The van der Waals surface area contributed by atoms with Crippen molar-refractivity contribution >= 4 is 38.6 Å². The Morgan fingerprint density at radius 1 is 1.25 bits per heavy atom. The van der Waals surface area contributed by atoms with E-state index in [4.69, 9.17) is 16.3 Å². The van der Waals surface area contributed by atoms with E-state index < -0.39 is 0 Å². The second kappa shape index (κ2) is 5.38. The Labute approximate surface area is 128 Å². The fourth-order valence-electron chi connectivity index (χ4n) is 1.77. The summed E-state index contributed by atoms with van der Waals surface area (Å²) in [4.78, 5) is 8.61. The molecule has 2 heterocycles. The number of aryl methyl sites for hydroxylation is 1. The molecule has 0 amide bonds. The molecule has 0 spiro atoms. The van der Waals surface area contributed by atoms with E-state index in [1.54, 1.807) is 10.9 Å². The van der Waals surface area contributed by atoms with Gasteiger partial charge in [0.1, 0.15) is 17.5 Å². The highest BCUT2D eigenvalue weighted by molar-refractivity contribution is 9.10. The largest absolute Gasteiger partial charge is 0.486 e. The number of hydrogen-bond acceptors (Lipinski definition) is 4. The Bertz CT molecular complexity index is 757. The third-order valence-corrected chi connectivity index (χ3v) is 3.59. The summed E-state index contributed by atoms with van der Waals surface area (Å²) < 4.78 is 8.29. The summed E-state index contributed by atoms with van der Waals surface area (Å²) in [5.41, 5.74) is 0.694. The molecule has 0 saturated carbocycles. The van der Waals surface area contributed by atoms with Gasteiger partial charge in [-0.05, 0) is 24.3 Å². The first-order chi connectivity index (χ1) is 9.63. The van der Waals surface area contributed by atoms with Gasteiger partial charge in [-0.3, -0.25) is 4.68 Å². The minimum absolute atomic E-state index is 0.252. The summed E-state index contributed by atoms with van der Waals surface area (Å²) in [6.07, 6.45) is 1.65. The lowest BCUT2D eigenvalue weighted by molar-refractivity contribution is 0.296. The van der Waals surface area contributed by atoms with Crippen molar-refractivity contribution in [3.8, 4) is 5.75 Å². The van der Waals surface area contributed by atoms with E-state index in [-0.39, 0.29) is 6.61 Å². The van der Waals surface area contributed by atoms with E-state index >= 15 is 0 Å². The molecule has 0 aliphatic rings. The van der Waals surface area contributed by atoms with Crippen LogP contribution in [0, 0.1) is 0 Å². The minimum atomic E-state index is 0.252. The van der Waals surface area contributed by atoms with E-state index in [1.807, 2.05) is 31.3 Å². The van der Waals surface area contributed by atoms with Crippen LogP contribution in [0.25, 0.3) is 11.0 Å². The van der Waals surface area contributed by atoms with Gasteiger partial charge in [0, 0.05) is 11.5 Å². The molecule has 3 aromatic rings. The second-order valence-electron chi connectivity index (χ2n) is 4.18. The number of fused-ring (bicyclic) bond motifs is 1. The quantitative estimate of drug-likeness (QED) is 0.678. The zero-order valence-electron chi connectivity index (χ0n) is 10.5. The fourth-order valence-corrected chi connectivity index (χ4v) is 2.27. The molecular formula is C13H10BrClN4O. The molecule has 5 nitrogen and oxygen atoms in total. The molecule has 102 valence electrons. The first-order valence-electron chi connectivity index (χ1n) is 5.86. The van der Waals surface area contributed by atoms with E-state index in [9.17, 15) is 0 Å². The van der Waals surface area contributed by atoms with E-state index in [2.05, 4.69) is 31.0 Å². The average Bonchev–Trinajstić information content (AvgIpc) is 2.81. The van der Waals surface area contributed by atoms with Crippen molar-refractivity contribution in [1.82, 2.24) is 19.7 Å². The summed E-state index contributed by atoms with van der Waals surface area (Å²) in [7, 11) is 1.81. The van der Waals surface area contributed by atoms with E-state index in [1.165, 1.54) is 0 Å². The van der Waals surface area contributed by atoms with Gasteiger partial charge < -0.3 is 4.74 Å². The van der Waals surface area contributed by atoms with Crippen LogP contribution in [-0.2, 0) is 13.7 Å². The van der Waals surface area contributed by atoms with Gasteiger partial charge in [0.05, 0.1) is 11.6 Å². The molecule has 0 N–H and O–H groups in total. The molecule has 0 atom stereocenters. The topological polar surface area (TPSA) is 52.8 Å². The molecule has 0 aliphatic carbocycles. The maximum absolute atomic E-state index is 6.11. The van der Waals surface area contributed by atoms with E-state index in [0.29, 0.717) is 16.6 Å². The van der Waals surface area contributed by atoms with Crippen molar-refractivity contribution in [2.24, 2.45) is 7.05 Å². The first kappa shape index (κ1) is 13.3. The zero-order valence-corrected chi connectivity index (χ0v) is 12.9. The SMILES string of the molecule is Cn1ncc2c(Cl)nc(COc3ccc(Br)cc3)nc21. The highest BCUT2D eigenvalue weighted by Gasteiger charge is 2.10. The predicted molar refractivity (Wildman–Crippen MR) is 79.8 cm³/mol. The Morgan fingerprint density at radius 2 is 2.00 bits per heavy atom. The van der Waals surface area contributed by atoms with Gasteiger partial charge in [0.15, 0.2) is 11.5 Å². The number of rotatable bonds is 3. The van der Waals surface area contributed by atoms with Gasteiger partial charge in [-0.15, -0.1) is 0 Å². The summed E-state index contributed by atoms with van der Waals surface area (Å²) in [6.45, 7) is 0.252. The first-order valence-corrected chi connectivity index (χ1v) is 7.03. The van der Waals surface area contributed by atoms with Crippen LogP contribution in [-0.4, -0.2) is 19.7 Å². The molecule has 0 aliphatic heterocycles. The van der Waals surface area contributed by atoms with Crippen LogP contribution in [0.4, 0.5) is 0 Å². The van der Waals surface area contributed by atoms with Gasteiger partial charge in [0.2, 0.25) is 0 Å². The number of ether oxygens (including phenoxy) is 1. The average molecular weight is 354 g/mol. The van der Waals surface area contributed by atoms with Gasteiger partial charge >= 0.3 is 0 Å². The molecule has 2 aromatic heterocycles. The molecule has 0 radical (unpaired) electrons. The van der Waals surface area contributed by atoms with Gasteiger partial charge in [-0.1, -0.05) is 27.5 Å². The summed E-state index contributed by atoms with van der Waals surface area (Å²) in [5.74, 6) is 1.27. The number of benzene rings is 1. The van der Waals surface area contributed by atoms with Crippen LogP contribution in [0.5, 0.6) is 5.75 Å². The van der Waals surface area contributed by atoms with Crippen LogP contribution in [0.15, 0.2) is 34.9 Å². The molecule has 20 heavy (non-hydrogen) atoms. The van der Waals surface area contributed by atoms with Gasteiger partial charge in [-0.25, -0.2) is 9.97 Å². The standard InChI is InChI=1S/C13H10BrClN4O/c1-19-13-10(6-16-19)12(15)17-11(18-13)7-20-9-4-2-8(14)3-5-9/h2-6H,7H2,1H3. The van der Waals surface area contributed by atoms with Crippen molar-refractivity contribution in [3.63, 3.8) is 0 Å². The number of aromatic nitrogens is 4. The third-order valence-electron chi connectivity index (χ3n) is 2.77. The van der Waals surface area contributed by atoms with Crippen LogP contribution in [0.3, 0.4) is 0 Å². The Hall–Kier alpha value is -1.66. The highest BCUT2D eigenvalue weighted by atomic mass is 79.9. The molecule has 0 fully saturated rings. The maximum atomic E-state index is 6.11. The lowest BCUT2D eigenvalue weighted by Crippen LogP contribution is -2.03. The van der Waals surface area contributed by atoms with Crippen LogP contribution in [0.1, 0.15) is 5.82 Å². The van der Waals surface area contributed by atoms with Crippen molar-refractivity contribution in [3.05, 3.63) is 45.9 Å². The number of nitrogens with zero attached hydrogens (tertiary/aromatic N) is 4. The predicted octanol–water partition coefficient (Wildman–Crippen LogP) is 3.36. The number of hydrogen-bond donors (Lipinski definition) is 0. The van der Waals surface area contributed by atoms with Crippen LogP contribution in [0.2, 0.25) is 5.15 Å². The Morgan fingerprint density at radius 3 is 2.75 bits per heavy atom. The van der Waals surface area contributed by atoms with Crippen LogP contribution >= 0.6 is 27.5 Å². The van der Waals surface area contributed by atoms with Crippen molar-refractivity contribution < 1.29 is 4.74 Å². The van der Waals surface area contributed by atoms with E-state index in [0.717, 1.165) is 15.6 Å². The summed E-state index contributed by atoms with van der Waals surface area (Å²) in [5, 5.41) is 5.23. The van der Waals surface area contributed by atoms with Gasteiger partial charge in [0.25, 0.3) is 0 Å². The lowest BCUT2D eigenvalue weighted by atomic mass is 10.3. The lowest BCUT2D eigenvalue weighted by Gasteiger charge is -2.06. The Kier molecular flexibility index (Phi) is 3.58. The fraction of sp³-hybridized carbons (Fsp3) is 0.154. The monoisotopic (exact) mass is 352 g/mol. The molecule has 0 unspecified atom stereocenters. The molecule has 3 rings (SSSR count). The van der Waals surface area contributed by atoms with Crippen LogP contribution < -0.4 is 4.74 Å². The molecular weight excluding hydrogens is 344 g/mol. The van der Waals surface area contributed by atoms with Crippen molar-refractivity contribution in [1.29, 1.82) is 0 Å². The third kappa shape index (κ3) is 2.62. The summed E-state index contributed by atoms with van der Waals surface area (Å²) in [6, 6.07) is 7.56. The second-order valence-corrected chi connectivity index (χ2v) is 5.45. The molecule has 0 saturated heterocycles. The van der Waals surface area contributed by atoms with Crippen molar-refractivity contribution in [2.75, 3.05) is 0 Å². The summed E-state index contributed by atoms with van der Waals surface area (Å²) >= 11 is 9.49. The van der Waals surface area contributed by atoms with Crippen molar-refractivity contribution in [2.45, 2.75) is 6.61 Å². The maximum Gasteiger partial charge on any atom is 0.170 e. The smallest absolute Gasteiger partial charge is 0.170 e. The molecule has 7 heteroatoms. The molecule has 1 aromatic carbocycles. The minimum Gasteiger partial charge on any atom is -0.486 e. The normalized spacial score (nSPS) is 10.9. The van der Waals surface area contributed by atoms with Gasteiger partial charge in [-0.2, -0.15) is 5.10 Å². The number of halogens is 2. The Balaban J connectivity index is 1.83.